The van der Waals surface area contributed by atoms with Crippen molar-refractivity contribution >= 4 is 5.91 Å². The van der Waals surface area contributed by atoms with Gasteiger partial charge in [-0.05, 0) is 54.4 Å². The average molecular weight is 348 g/mol. The van der Waals surface area contributed by atoms with Crippen molar-refractivity contribution in [2.45, 2.75) is 13.0 Å². The second-order valence-corrected chi connectivity index (χ2v) is 5.78. The number of ether oxygens (including phenoxy) is 1. The van der Waals surface area contributed by atoms with Crippen molar-refractivity contribution in [3.63, 3.8) is 0 Å². The zero-order valence-corrected chi connectivity index (χ0v) is 14.3. The zero-order chi connectivity index (χ0) is 18.2. The lowest BCUT2D eigenvalue weighted by molar-refractivity contribution is 0.1000. The summed E-state index contributed by atoms with van der Waals surface area (Å²) in [7, 11) is 0. The molecule has 0 fully saturated rings. The lowest BCUT2D eigenvalue weighted by Gasteiger charge is -2.07. The van der Waals surface area contributed by atoms with E-state index in [1.807, 2.05) is 36.4 Å². The molecule has 6 heteroatoms. The van der Waals surface area contributed by atoms with E-state index in [-0.39, 0.29) is 0 Å². The van der Waals surface area contributed by atoms with Crippen molar-refractivity contribution in [2.24, 2.45) is 5.73 Å². The molecule has 3 aromatic rings. The van der Waals surface area contributed by atoms with Gasteiger partial charge in [-0.25, -0.2) is 4.98 Å². The minimum atomic E-state index is -0.508. The molecular formula is C20H20N4O2. The number of benzene rings is 1. The van der Waals surface area contributed by atoms with Gasteiger partial charge in [0.05, 0.1) is 5.56 Å². The van der Waals surface area contributed by atoms with Crippen molar-refractivity contribution in [1.82, 2.24) is 15.3 Å². The summed E-state index contributed by atoms with van der Waals surface area (Å²) in [5, 5.41) is 3.41. The highest BCUT2D eigenvalue weighted by molar-refractivity contribution is 5.92. The number of nitrogens with two attached hydrogens (primary N) is 1. The van der Waals surface area contributed by atoms with Crippen LogP contribution in [0.25, 0.3) is 0 Å². The summed E-state index contributed by atoms with van der Waals surface area (Å²) < 4.78 is 5.67. The minimum absolute atomic E-state index is 0.354. The number of pyridine rings is 2. The first-order valence-corrected chi connectivity index (χ1v) is 8.33. The smallest absolute Gasteiger partial charge is 0.250 e. The molecule has 0 aliphatic heterocycles. The number of rotatable bonds is 8. The molecule has 0 saturated carbocycles. The van der Waals surface area contributed by atoms with E-state index < -0.39 is 5.91 Å². The normalized spacial score (nSPS) is 10.5. The Labute approximate surface area is 152 Å². The number of hydrogen-bond donors (Lipinski definition) is 2. The van der Waals surface area contributed by atoms with Crippen LogP contribution in [0, 0.1) is 0 Å². The monoisotopic (exact) mass is 348 g/mol. The fourth-order valence-electron chi connectivity index (χ4n) is 2.40. The third-order valence-electron chi connectivity index (χ3n) is 3.84. The van der Waals surface area contributed by atoms with Crippen LogP contribution in [0.2, 0.25) is 0 Å². The van der Waals surface area contributed by atoms with Gasteiger partial charge in [0, 0.05) is 31.2 Å². The van der Waals surface area contributed by atoms with Crippen LogP contribution in [0.1, 0.15) is 21.5 Å². The Morgan fingerprint density at radius 1 is 1.00 bits per heavy atom. The van der Waals surface area contributed by atoms with Gasteiger partial charge in [-0.3, -0.25) is 9.78 Å². The van der Waals surface area contributed by atoms with E-state index in [1.165, 1.54) is 17.3 Å². The Bertz CT molecular complexity index is 834. The number of carbonyl (C=O) groups is 1. The Hall–Kier alpha value is -3.25. The van der Waals surface area contributed by atoms with Gasteiger partial charge in [0.1, 0.15) is 5.75 Å². The SMILES string of the molecule is NC(=O)c1ccc(Oc2ccc(CCNCc3ccncc3)cc2)nc1. The lowest BCUT2D eigenvalue weighted by Crippen LogP contribution is -2.16. The third-order valence-corrected chi connectivity index (χ3v) is 3.84. The van der Waals surface area contributed by atoms with Crippen molar-refractivity contribution in [3.05, 3.63) is 83.8 Å². The first-order chi connectivity index (χ1) is 12.7. The van der Waals surface area contributed by atoms with E-state index in [2.05, 4.69) is 15.3 Å². The summed E-state index contributed by atoms with van der Waals surface area (Å²) in [5.74, 6) is 0.602. The molecule has 132 valence electrons. The summed E-state index contributed by atoms with van der Waals surface area (Å²) in [4.78, 5) is 19.1. The summed E-state index contributed by atoms with van der Waals surface area (Å²) in [6, 6.07) is 15.1. The maximum atomic E-state index is 11.0. The van der Waals surface area contributed by atoms with Gasteiger partial charge in [-0.1, -0.05) is 12.1 Å². The minimum Gasteiger partial charge on any atom is -0.439 e. The molecule has 3 N–H and O–H groups in total. The quantitative estimate of drug-likeness (QED) is 0.611. The maximum absolute atomic E-state index is 11.0. The molecule has 2 aromatic heterocycles. The van der Waals surface area contributed by atoms with E-state index in [9.17, 15) is 4.79 Å². The second-order valence-electron chi connectivity index (χ2n) is 5.78. The van der Waals surface area contributed by atoms with Crippen LogP contribution in [0.15, 0.2) is 67.1 Å². The molecule has 6 nitrogen and oxygen atoms in total. The second kappa shape index (κ2) is 8.73. The molecule has 0 atom stereocenters. The van der Waals surface area contributed by atoms with Crippen LogP contribution in [-0.4, -0.2) is 22.4 Å². The van der Waals surface area contributed by atoms with E-state index in [0.717, 1.165) is 19.5 Å². The third kappa shape index (κ3) is 5.12. The Morgan fingerprint density at radius 3 is 2.42 bits per heavy atom. The predicted molar refractivity (Wildman–Crippen MR) is 98.9 cm³/mol. The summed E-state index contributed by atoms with van der Waals surface area (Å²) in [6.07, 6.45) is 5.93. The average Bonchev–Trinajstić information content (AvgIpc) is 2.68. The molecule has 1 amide bonds. The van der Waals surface area contributed by atoms with Gasteiger partial charge in [0.15, 0.2) is 0 Å². The van der Waals surface area contributed by atoms with Gasteiger partial charge in [0.2, 0.25) is 11.8 Å². The van der Waals surface area contributed by atoms with E-state index >= 15 is 0 Å². The standard InChI is InChI=1S/C20H20N4O2/c21-20(25)17-3-6-19(24-14-17)26-18-4-1-15(2-5-18)7-12-23-13-16-8-10-22-11-9-16/h1-6,8-11,14,23H,7,12-13H2,(H2,21,25). The number of aromatic nitrogens is 2. The first-order valence-electron chi connectivity index (χ1n) is 8.33. The fraction of sp³-hybridized carbons (Fsp3) is 0.150. The van der Waals surface area contributed by atoms with Crippen LogP contribution in [0.4, 0.5) is 0 Å². The highest BCUT2D eigenvalue weighted by atomic mass is 16.5. The molecule has 1 aromatic carbocycles. The number of nitrogens with one attached hydrogen (secondary N) is 1. The van der Waals surface area contributed by atoms with Crippen LogP contribution in [0.5, 0.6) is 11.6 Å². The number of hydrogen-bond acceptors (Lipinski definition) is 5. The molecule has 0 aliphatic rings. The highest BCUT2D eigenvalue weighted by Gasteiger charge is 2.03. The van der Waals surface area contributed by atoms with Gasteiger partial charge < -0.3 is 15.8 Å². The molecule has 0 bridgehead atoms. The molecule has 0 unspecified atom stereocenters. The fourth-order valence-corrected chi connectivity index (χ4v) is 2.40. The van der Waals surface area contributed by atoms with Crippen LogP contribution in [-0.2, 0) is 13.0 Å². The number of nitrogens with zero attached hydrogens (tertiary/aromatic N) is 2. The van der Waals surface area contributed by atoms with Crippen LogP contribution in [0.3, 0.4) is 0 Å². The number of carbonyl (C=O) groups excluding carboxylic acids is 1. The largest absolute Gasteiger partial charge is 0.439 e. The predicted octanol–water partition coefficient (Wildman–Crippen LogP) is 2.70. The van der Waals surface area contributed by atoms with Crippen LogP contribution < -0.4 is 15.8 Å². The molecule has 0 aliphatic carbocycles. The van der Waals surface area contributed by atoms with Crippen molar-refractivity contribution in [1.29, 1.82) is 0 Å². The Morgan fingerprint density at radius 2 is 1.77 bits per heavy atom. The topological polar surface area (TPSA) is 90.1 Å². The summed E-state index contributed by atoms with van der Waals surface area (Å²) >= 11 is 0. The highest BCUT2D eigenvalue weighted by Crippen LogP contribution is 2.20. The zero-order valence-electron chi connectivity index (χ0n) is 14.3. The number of amides is 1. The van der Waals surface area contributed by atoms with E-state index in [4.69, 9.17) is 10.5 Å². The van der Waals surface area contributed by atoms with Gasteiger partial charge in [-0.2, -0.15) is 0 Å². The molecule has 26 heavy (non-hydrogen) atoms. The van der Waals surface area contributed by atoms with Gasteiger partial charge in [-0.15, -0.1) is 0 Å². The molecule has 3 rings (SSSR count). The van der Waals surface area contributed by atoms with E-state index in [1.54, 1.807) is 24.5 Å². The molecule has 0 radical (unpaired) electrons. The molecular weight excluding hydrogens is 328 g/mol. The molecule has 0 saturated heterocycles. The van der Waals surface area contributed by atoms with Crippen molar-refractivity contribution < 1.29 is 9.53 Å². The van der Waals surface area contributed by atoms with E-state index in [0.29, 0.717) is 17.2 Å². The number of primary amides is 1. The Kier molecular flexibility index (Phi) is 5.90. The molecule has 0 spiro atoms. The summed E-state index contributed by atoms with van der Waals surface area (Å²) in [5.41, 5.74) is 7.98. The van der Waals surface area contributed by atoms with Crippen molar-refractivity contribution in [3.8, 4) is 11.6 Å². The Balaban J connectivity index is 1.46. The van der Waals surface area contributed by atoms with Crippen LogP contribution >= 0.6 is 0 Å². The maximum Gasteiger partial charge on any atom is 0.250 e. The molecule has 2 heterocycles. The first kappa shape index (κ1) is 17.6. The summed E-state index contributed by atoms with van der Waals surface area (Å²) in [6.45, 7) is 1.72. The van der Waals surface area contributed by atoms with Gasteiger partial charge in [0.25, 0.3) is 0 Å². The van der Waals surface area contributed by atoms with Crippen molar-refractivity contribution in [2.75, 3.05) is 6.54 Å². The van der Waals surface area contributed by atoms with Gasteiger partial charge >= 0.3 is 0 Å². The lowest BCUT2D eigenvalue weighted by atomic mass is 10.1.